The van der Waals surface area contributed by atoms with Crippen LogP contribution in [0.2, 0.25) is 5.02 Å². The number of amides is 2. The van der Waals surface area contributed by atoms with Gasteiger partial charge in [-0.15, -0.1) is 0 Å². The normalized spacial score (nSPS) is 10.5. The Hall–Kier alpha value is -2.34. The third-order valence-corrected chi connectivity index (χ3v) is 3.83. The number of hydrogen-bond acceptors (Lipinski definition) is 4. The van der Waals surface area contributed by atoms with E-state index in [0.717, 1.165) is 5.56 Å². The Morgan fingerprint density at radius 3 is 2.62 bits per heavy atom. The van der Waals surface area contributed by atoms with Crippen molar-refractivity contribution >= 4 is 23.4 Å². The fourth-order valence-electron chi connectivity index (χ4n) is 2.17. The van der Waals surface area contributed by atoms with Crippen molar-refractivity contribution in [2.75, 3.05) is 20.1 Å². The number of halogens is 1. The molecule has 0 aliphatic rings. The first-order valence-corrected chi connectivity index (χ1v) is 8.10. The third kappa shape index (κ3) is 4.83. The molecule has 0 bridgehead atoms. The van der Waals surface area contributed by atoms with Gasteiger partial charge < -0.3 is 14.6 Å². The number of carbonyl (C=O) groups excluding carboxylic acids is 2. The van der Waals surface area contributed by atoms with Crippen LogP contribution < -0.4 is 5.32 Å². The number of hydrogen-bond donors (Lipinski definition) is 1. The fourth-order valence-corrected chi connectivity index (χ4v) is 2.30. The molecule has 0 fully saturated rings. The monoisotopic (exact) mass is 349 g/mol. The highest BCUT2D eigenvalue weighted by molar-refractivity contribution is 6.30. The van der Waals surface area contributed by atoms with Gasteiger partial charge in [0.2, 0.25) is 11.8 Å². The molecular formula is C17H20ClN3O3. The predicted octanol–water partition coefficient (Wildman–Crippen LogP) is 2.52. The number of carbonyl (C=O) groups is 2. The van der Waals surface area contributed by atoms with Crippen molar-refractivity contribution in [3.05, 3.63) is 41.4 Å². The lowest BCUT2D eigenvalue weighted by Gasteiger charge is -2.19. The van der Waals surface area contributed by atoms with Gasteiger partial charge in [0.05, 0.1) is 12.7 Å². The van der Waals surface area contributed by atoms with Crippen molar-refractivity contribution in [1.29, 1.82) is 0 Å². The molecule has 2 amide bonds. The lowest BCUT2D eigenvalue weighted by Crippen LogP contribution is -2.39. The maximum absolute atomic E-state index is 12.2. The SMILES string of the molecule is CCN(CC(=O)NC)C(=O)CCc1ncc(-c2ccc(Cl)cc2)o1. The summed E-state index contributed by atoms with van der Waals surface area (Å²) in [5.41, 5.74) is 0.874. The minimum Gasteiger partial charge on any atom is -0.441 e. The summed E-state index contributed by atoms with van der Waals surface area (Å²) in [6, 6.07) is 7.25. The van der Waals surface area contributed by atoms with Crippen LogP contribution in [0, 0.1) is 0 Å². The average Bonchev–Trinajstić information content (AvgIpc) is 3.06. The number of likely N-dealkylation sites (N-methyl/N-ethyl adjacent to an activating group) is 2. The quantitative estimate of drug-likeness (QED) is 0.833. The van der Waals surface area contributed by atoms with Gasteiger partial charge in [-0.1, -0.05) is 11.6 Å². The van der Waals surface area contributed by atoms with Gasteiger partial charge in [-0.2, -0.15) is 0 Å². The number of rotatable bonds is 7. The molecule has 0 atom stereocenters. The van der Waals surface area contributed by atoms with Gasteiger partial charge in [0.1, 0.15) is 0 Å². The summed E-state index contributed by atoms with van der Waals surface area (Å²) < 4.78 is 5.67. The van der Waals surface area contributed by atoms with Gasteiger partial charge >= 0.3 is 0 Å². The van der Waals surface area contributed by atoms with E-state index < -0.39 is 0 Å². The van der Waals surface area contributed by atoms with Crippen LogP contribution in [-0.2, 0) is 16.0 Å². The lowest BCUT2D eigenvalue weighted by molar-refractivity contribution is -0.135. The van der Waals surface area contributed by atoms with Crippen LogP contribution in [0.25, 0.3) is 11.3 Å². The summed E-state index contributed by atoms with van der Waals surface area (Å²) in [5, 5.41) is 3.16. The van der Waals surface area contributed by atoms with E-state index in [0.29, 0.717) is 29.6 Å². The fraction of sp³-hybridized carbons (Fsp3) is 0.353. The van der Waals surface area contributed by atoms with Gasteiger partial charge in [-0.05, 0) is 31.2 Å². The molecule has 0 unspecified atom stereocenters. The Labute approximate surface area is 145 Å². The molecule has 2 rings (SSSR count). The number of aromatic nitrogens is 1. The molecule has 0 radical (unpaired) electrons. The zero-order chi connectivity index (χ0) is 17.5. The summed E-state index contributed by atoms with van der Waals surface area (Å²) in [7, 11) is 1.55. The largest absolute Gasteiger partial charge is 0.441 e. The van der Waals surface area contributed by atoms with E-state index >= 15 is 0 Å². The van der Waals surface area contributed by atoms with Gasteiger partial charge in [-0.25, -0.2) is 4.98 Å². The zero-order valence-corrected chi connectivity index (χ0v) is 14.5. The minimum absolute atomic E-state index is 0.0629. The summed E-state index contributed by atoms with van der Waals surface area (Å²) >= 11 is 5.86. The molecule has 128 valence electrons. The molecule has 0 saturated heterocycles. The summed E-state index contributed by atoms with van der Waals surface area (Å²) in [6.07, 6.45) is 2.26. The van der Waals surface area contributed by atoms with E-state index in [1.54, 1.807) is 25.4 Å². The molecule has 2 aromatic rings. The van der Waals surface area contributed by atoms with Crippen LogP contribution in [0.3, 0.4) is 0 Å². The number of aryl methyl sites for hydroxylation is 1. The van der Waals surface area contributed by atoms with Crippen LogP contribution in [-0.4, -0.2) is 41.8 Å². The van der Waals surface area contributed by atoms with Crippen molar-refractivity contribution in [2.24, 2.45) is 0 Å². The molecule has 7 heteroatoms. The molecule has 1 heterocycles. The standard InChI is InChI=1S/C17H20ClN3O3/c1-3-21(11-15(22)19-2)17(23)9-8-16-20-10-14(24-16)12-4-6-13(18)7-5-12/h4-7,10H,3,8-9,11H2,1-2H3,(H,19,22). The second-order valence-electron chi connectivity index (χ2n) is 5.21. The van der Waals surface area contributed by atoms with Gasteiger partial charge in [0.15, 0.2) is 11.7 Å². The first-order valence-electron chi connectivity index (χ1n) is 7.72. The summed E-state index contributed by atoms with van der Waals surface area (Å²) in [6.45, 7) is 2.38. The van der Waals surface area contributed by atoms with Crippen molar-refractivity contribution in [1.82, 2.24) is 15.2 Å². The lowest BCUT2D eigenvalue weighted by atomic mass is 10.2. The molecule has 24 heavy (non-hydrogen) atoms. The molecule has 0 aliphatic heterocycles. The van der Waals surface area contributed by atoms with E-state index in [4.69, 9.17) is 16.0 Å². The molecule has 1 N–H and O–H groups in total. The van der Waals surface area contributed by atoms with Crippen LogP contribution in [0.4, 0.5) is 0 Å². The molecule has 0 saturated carbocycles. The van der Waals surface area contributed by atoms with Crippen molar-refractivity contribution < 1.29 is 14.0 Å². The average molecular weight is 350 g/mol. The van der Waals surface area contributed by atoms with Crippen molar-refractivity contribution in [2.45, 2.75) is 19.8 Å². The highest BCUT2D eigenvalue weighted by Crippen LogP contribution is 2.22. The third-order valence-electron chi connectivity index (χ3n) is 3.58. The Bertz CT molecular complexity index is 697. The minimum atomic E-state index is -0.189. The molecule has 1 aromatic heterocycles. The van der Waals surface area contributed by atoms with Crippen molar-refractivity contribution in [3.8, 4) is 11.3 Å². The number of nitrogens with one attached hydrogen (secondary N) is 1. The number of benzene rings is 1. The van der Waals surface area contributed by atoms with Gasteiger partial charge in [-0.3, -0.25) is 9.59 Å². The first kappa shape index (κ1) is 18.0. The number of nitrogens with zero attached hydrogens (tertiary/aromatic N) is 2. The van der Waals surface area contributed by atoms with Gasteiger partial charge in [0, 0.05) is 37.0 Å². The molecule has 6 nitrogen and oxygen atoms in total. The van der Waals surface area contributed by atoms with Crippen molar-refractivity contribution in [3.63, 3.8) is 0 Å². The van der Waals surface area contributed by atoms with Crippen LogP contribution in [0.1, 0.15) is 19.2 Å². The smallest absolute Gasteiger partial charge is 0.239 e. The summed E-state index contributed by atoms with van der Waals surface area (Å²) in [5.74, 6) is 0.829. The summed E-state index contributed by atoms with van der Waals surface area (Å²) in [4.78, 5) is 29.3. The van der Waals surface area contributed by atoms with E-state index in [1.807, 2.05) is 19.1 Å². The zero-order valence-electron chi connectivity index (χ0n) is 13.7. The number of oxazole rings is 1. The maximum Gasteiger partial charge on any atom is 0.239 e. The molecule has 0 aliphatic carbocycles. The van der Waals surface area contributed by atoms with E-state index in [2.05, 4.69) is 10.3 Å². The highest BCUT2D eigenvalue weighted by Gasteiger charge is 2.16. The van der Waals surface area contributed by atoms with Crippen LogP contribution in [0.5, 0.6) is 0 Å². The Morgan fingerprint density at radius 2 is 2.00 bits per heavy atom. The van der Waals surface area contributed by atoms with Crippen LogP contribution in [0.15, 0.2) is 34.9 Å². The second-order valence-corrected chi connectivity index (χ2v) is 5.64. The van der Waals surface area contributed by atoms with Gasteiger partial charge in [0.25, 0.3) is 0 Å². The molecule has 1 aromatic carbocycles. The Morgan fingerprint density at radius 1 is 1.29 bits per heavy atom. The van der Waals surface area contributed by atoms with E-state index in [-0.39, 0.29) is 24.8 Å². The highest BCUT2D eigenvalue weighted by atomic mass is 35.5. The van der Waals surface area contributed by atoms with E-state index in [1.165, 1.54) is 4.90 Å². The Kier molecular flexibility index (Phi) is 6.37. The topological polar surface area (TPSA) is 75.4 Å². The van der Waals surface area contributed by atoms with Crippen LogP contribution >= 0.6 is 11.6 Å². The molecular weight excluding hydrogens is 330 g/mol. The Balaban J connectivity index is 1.93. The predicted molar refractivity (Wildman–Crippen MR) is 91.6 cm³/mol. The first-order chi connectivity index (χ1) is 11.5. The van der Waals surface area contributed by atoms with E-state index in [9.17, 15) is 9.59 Å². The second kappa shape index (κ2) is 8.49. The molecule has 0 spiro atoms. The maximum atomic E-state index is 12.2.